The van der Waals surface area contributed by atoms with E-state index >= 15 is 0 Å². The normalized spacial score (nSPS) is 13.7. The largest absolute Gasteiger partial charge is 0.394 e. The minimum absolute atomic E-state index is 0.142. The van der Waals surface area contributed by atoms with Gasteiger partial charge in [-0.3, -0.25) is 4.79 Å². The number of nitrogens with one attached hydrogen (secondary N) is 1. The van der Waals surface area contributed by atoms with Crippen molar-refractivity contribution >= 4 is 5.91 Å². The van der Waals surface area contributed by atoms with Crippen LogP contribution in [0.2, 0.25) is 0 Å². The molecule has 43 heavy (non-hydrogen) atoms. The first kappa shape index (κ1) is 42.3. The van der Waals surface area contributed by atoms with Crippen LogP contribution in [0.15, 0.2) is 0 Å². The molecule has 0 saturated heterocycles. The second-order valence-corrected chi connectivity index (χ2v) is 13.5. The van der Waals surface area contributed by atoms with Crippen molar-refractivity contribution in [1.82, 2.24) is 5.32 Å². The lowest BCUT2D eigenvalue weighted by molar-refractivity contribution is -0.124. The third-order valence-corrected chi connectivity index (χ3v) is 9.21. The molecular formula is C38H77NO4. The zero-order valence-electron chi connectivity index (χ0n) is 29.1. The summed E-state index contributed by atoms with van der Waals surface area (Å²) in [5, 5.41) is 33.4. The van der Waals surface area contributed by atoms with Crippen LogP contribution in [-0.2, 0) is 4.79 Å². The van der Waals surface area contributed by atoms with Crippen LogP contribution in [-0.4, -0.2) is 46.1 Å². The number of amides is 1. The number of carbonyl (C=O) groups is 1. The molecule has 0 aromatic heterocycles. The zero-order valence-corrected chi connectivity index (χ0v) is 29.1. The Morgan fingerprint density at radius 1 is 0.488 bits per heavy atom. The maximum absolute atomic E-state index is 12.4. The van der Waals surface area contributed by atoms with Gasteiger partial charge in [0.05, 0.1) is 18.8 Å². The van der Waals surface area contributed by atoms with Gasteiger partial charge in [-0.15, -0.1) is 0 Å². The van der Waals surface area contributed by atoms with E-state index in [1.807, 2.05) is 0 Å². The van der Waals surface area contributed by atoms with Crippen molar-refractivity contribution in [3.8, 4) is 0 Å². The van der Waals surface area contributed by atoms with Crippen LogP contribution in [0.1, 0.15) is 213 Å². The van der Waals surface area contributed by atoms with Crippen LogP contribution in [0.4, 0.5) is 0 Å². The van der Waals surface area contributed by atoms with E-state index in [2.05, 4.69) is 19.2 Å². The highest BCUT2D eigenvalue weighted by Crippen LogP contribution is 2.16. The Morgan fingerprint density at radius 3 is 1.12 bits per heavy atom. The van der Waals surface area contributed by atoms with Crippen molar-refractivity contribution in [2.75, 3.05) is 6.61 Å². The predicted octanol–water partition coefficient (Wildman–Crippen LogP) is 10.3. The van der Waals surface area contributed by atoms with Gasteiger partial charge in [-0.1, -0.05) is 194 Å². The molecule has 0 bridgehead atoms. The molecule has 258 valence electrons. The summed E-state index contributed by atoms with van der Waals surface area (Å²) in [7, 11) is 0. The Kier molecular flexibility index (Phi) is 33.7. The topological polar surface area (TPSA) is 89.8 Å². The number of aliphatic hydroxyl groups is 3. The van der Waals surface area contributed by atoms with Crippen LogP contribution in [0.5, 0.6) is 0 Å². The molecule has 0 saturated carbocycles. The summed E-state index contributed by atoms with van der Waals surface area (Å²) >= 11 is 0. The highest BCUT2D eigenvalue weighted by molar-refractivity contribution is 5.76. The molecule has 0 radical (unpaired) electrons. The third kappa shape index (κ3) is 29.8. The van der Waals surface area contributed by atoms with Crippen molar-refractivity contribution in [2.24, 2.45) is 0 Å². The molecule has 0 spiro atoms. The van der Waals surface area contributed by atoms with Gasteiger partial charge in [0, 0.05) is 6.42 Å². The van der Waals surface area contributed by atoms with E-state index < -0.39 is 18.2 Å². The molecule has 1 amide bonds. The predicted molar refractivity (Wildman–Crippen MR) is 186 cm³/mol. The quantitative estimate of drug-likeness (QED) is 0.0537. The number of unbranched alkanes of at least 4 members (excludes halogenated alkanes) is 27. The Morgan fingerprint density at radius 2 is 0.791 bits per heavy atom. The van der Waals surface area contributed by atoms with Crippen LogP contribution in [0, 0.1) is 0 Å². The molecule has 0 fully saturated rings. The van der Waals surface area contributed by atoms with Gasteiger partial charge in [0.15, 0.2) is 0 Å². The summed E-state index contributed by atoms with van der Waals surface area (Å²) in [5.41, 5.74) is 0. The van der Waals surface area contributed by atoms with E-state index in [0.29, 0.717) is 12.8 Å². The molecule has 5 nitrogen and oxygen atoms in total. The number of hydrogen-bond acceptors (Lipinski definition) is 4. The second kappa shape index (κ2) is 34.2. The molecule has 4 N–H and O–H groups in total. The van der Waals surface area contributed by atoms with Crippen molar-refractivity contribution in [3.63, 3.8) is 0 Å². The summed E-state index contributed by atoms with van der Waals surface area (Å²) < 4.78 is 0. The number of rotatable bonds is 35. The zero-order chi connectivity index (χ0) is 31.6. The van der Waals surface area contributed by atoms with Gasteiger partial charge >= 0.3 is 0 Å². The molecule has 0 aliphatic carbocycles. The van der Waals surface area contributed by atoms with Crippen molar-refractivity contribution in [1.29, 1.82) is 0 Å². The summed E-state index contributed by atoms with van der Waals surface area (Å²) in [5.74, 6) is -0.142. The molecule has 0 aliphatic heterocycles. The Labute approximate surface area is 268 Å². The van der Waals surface area contributed by atoms with Crippen LogP contribution < -0.4 is 5.32 Å². The van der Waals surface area contributed by atoms with E-state index in [4.69, 9.17) is 0 Å². The van der Waals surface area contributed by atoms with Gasteiger partial charge in [-0.05, 0) is 12.8 Å². The highest BCUT2D eigenvalue weighted by Gasteiger charge is 2.26. The summed E-state index contributed by atoms with van der Waals surface area (Å²) in [4.78, 5) is 12.4. The van der Waals surface area contributed by atoms with E-state index in [1.165, 1.54) is 154 Å². The molecule has 0 heterocycles. The van der Waals surface area contributed by atoms with E-state index in [1.54, 1.807) is 0 Å². The molecule has 0 rings (SSSR count). The monoisotopic (exact) mass is 612 g/mol. The first-order valence-electron chi connectivity index (χ1n) is 19.3. The summed E-state index contributed by atoms with van der Waals surface area (Å²) in [6.07, 6.45) is 36.2. The fourth-order valence-electron chi connectivity index (χ4n) is 6.16. The maximum Gasteiger partial charge on any atom is 0.220 e. The van der Waals surface area contributed by atoms with E-state index in [-0.39, 0.29) is 12.5 Å². The fraction of sp³-hybridized carbons (Fsp3) is 0.974. The maximum atomic E-state index is 12.4. The first-order chi connectivity index (χ1) is 21.1. The lowest BCUT2D eigenvalue weighted by Gasteiger charge is -2.26. The van der Waals surface area contributed by atoms with Gasteiger partial charge in [0.2, 0.25) is 5.91 Å². The van der Waals surface area contributed by atoms with Gasteiger partial charge in [0.25, 0.3) is 0 Å². The minimum Gasteiger partial charge on any atom is -0.394 e. The van der Waals surface area contributed by atoms with E-state index in [0.717, 1.165) is 32.1 Å². The Hall–Kier alpha value is -0.650. The number of hydrogen-bond donors (Lipinski definition) is 4. The Balaban J connectivity index is 3.64. The number of carbonyl (C=O) groups excluding carboxylic acids is 1. The summed E-state index contributed by atoms with van der Waals surface area (Å²) in [6, 6.07) is -0.800. The molecule has 3 unspecified atom stereocenters. The van der Waals surface area contributed by atoms with Crippen molar-refractivity contribution < 1.29 is 20.1 Å². The smallest absolute Gasteiger partial charge is 0.220 e. The van der Waals surface area contributed by atoms with Crippen LogP contribution >= 0.6 is 0 Å². The molecule has 0 aliphatic rings. The molecule has 0 aromatic rings. The van der Waals surface area contributed by atoms with E-state index in [9.17, 15) is 20.1 Å². The molecule has 0 aromatic carbocycles. The Bertz CT molecular complexity index is 558. The highest BCUT2D eigenvalue weighted by atomic mass is 16.3. The fourth-order valence-corrected chi connectivity index (χ4v) is 6.16. The van der Waals surface area contributed by atoms with Crippen LogP contribution in [0.3, 0.4) is 0 Å². The minimum atomic E-state index is -1.13. The van der Waals surface area contributed by atoms with Crippen LogP contribution in [0.25, 0.3) is 0 Å². The van der Waals surface area contributed by atoms with Crippen molar-refractivity contribution in [2.45, 2.75) is 231 Å². The lowest BCUT2D eigenvalue weighted by Crippen LogP contribution is -2.50. The van der Waals surface area contributed by atoms with Gasteiger partial charge < -0.3 is 20.6 Å². The third-order valence-electron chi connectivity index (χ3n) is 9.21. The SMILES string of the molecule is CCCCCCCCCCCCCCCCCCC(=O)NC(CO)C(O)C(O)CCCCCCCCCCCCCCC. The molecule has 3 atom stereocenters. The first-order valence-corrected chi connectivity index (χ1v) is 19.3. The van der Waals surface area contributed by atoms with Gasteiger partial charge in [-0.2, -0.15) is 0 Å². The molecular weight excluding hydrogens is 534 g/mol. The van der Waals surface area contributed by atoms with Crippen molar-refractivity contribution in [3.05, 3.63) is 0 Å². The average molecular weight is 612 g/mol. The summed E-state index contributed by atoms with van der Waals surface area (Å²) in [6.45, 7) is 4.18. The average Bonchev–Trinajstić information content (AvgIpc) is 3.01. The van der Waals surface area contributed by atoms with Gasteiger partial charge in [-0.25, -0.2) is 0 Å². The lowest BCUT2D eigenvalue weighted by atomic mass is 9.99. The standard InChI is InChI=1S/C38H77NO4/c1-3-5-7-9-11-13-15-17-18-19-21-23-25-27-29-31-33-37(42)39-35(34-40)38(43)36(41)32-30-28-26-24-22-20-16-14-12-10-8-6-4-2/h35-36,38,40-41,43H,3-34H2,1-2H3,(H,39,42). The number of aliphatic hydroxyl groups excluding tert-OH is 3. The van der Waals surface area contributed by atoms with Gasteiger partial charge in [0.1, 0.15) is 6.10 Å². The molecule has 5 heteroatoms. The second-order valence-electron chi connectivity index (χ2n) is 13.5.